The first-order valence-corrected chi connectivity index (χ1v) is 9.94. The van der Waals surface area contributed by atoms with Gasteiger partial charge in [0.15, 0.2) is 0 Å². The molecule has 1 aliphatic heterocycles. The molecule has 0 aliphatic carbocycles. The summed E-state index contributed by atoms with van der Waals surface area (Å²) in [5, 5.41) is 13.5. The zero-order valence-corrected chi connectivity index (χ0v) is 16.3. The van der Waals surface area contributed by atoms with E-state index in [1.165, 1.54) is 11.3 Å². The predicted octanol–water partition coefficient (Wildman–Crippen LogP) is 3.86. The summed E-state index contributed by atoms with van der Waals surface area (Å²) in [5.41, 5.74) is 0.960. The Morgan fingerprint density at radius 2 is 2.24 bits per heavy atom. The molecule has 25 heavy (non-hydrogen) atoms. The number of aliphatic hydroxyl groups excluding tert-OH is 1. The quantitative estimate of drug-likeness (QED) is 0.738. The molecule has 1 aliphatic rings. The molecule has 134 valence electrons. The van der Waals surface area contributed by atoms with E-state index in [-0.39, 0.29) is 30.6 Å². The fraction of sp³-hybridized carbons (Fsp3) is 0.444. The standard InChI is InChI=1S/C18H21BrN2O3S/c1-11(10-22)16(12-4-6-13(19)7-5-12)21-17(23)15-9-20-18(25-15)14-3-2-8-24-14/h4-7,9,11,14,16,22H,2-3,8,10H2,1H3,(H,21,23)/t11-,14+,16-/m1/s1. The van der Waals surface area contributed by atoms with Crippen molar-refractivity contribution >= 4 is 33.2 Å². The highest BCUT2D eigenvalue weighted by Crippen LogP contribution is 2.32. The molecule has 1 fully saturated rings. The largest absolute Gasteiger partial charge is 0.396 e. The van der Waals surface area contributed by atoms with Crippen LogP contribution in [0.1, 0.15) is 52.2 Å². The van der Waals surface area contributed by atoms with E-state index in [1.54, 1.807) is 6.20 Å². The first-order chi connectivity index (χ1) is 12.1. The van der Waals surface area contributed by atoms with E-state index < -0.39 is 0 Å². The second-order valence-electron chi connectivity index (χ2n) is 6.23. The van der Waals surface area contributed by atoms with Crippen molar-refractivity contribution < 1.29 is 14.6 Å². The molecule has 1 aromatic carbocycles. The average molecular weight is 425 g/mol. The minimum Gasteiger partial charge on any atom is -0.396 e. The number of nitrogens with one attached hydrogen (secondary N) is 1. The maximum absolute atomic E-state index is 12.7. The normalized spacial score (nSPS) is 19.6. The molecule has 7 heteroatoms. The van der Waals surface area contributed by atoms with Gasteiger partial charge in [0.2, 0.25) is 0 Å². The Balaban J connectivity index is 1.74. The van der Waals surface area contributed by atoms with Gasteiger partial charge in [-0.2, -0.15) is 0 Å². The molecule has 0 bridgehead atoms. The lowest BCUT2D eigenvalue weighted by atomic mass is 9.95. The molecule has 0 radical (unpaired) electrons. The molecule has 0 spiro atoms. The third kappa shape index (κ3) is 4.47. The van der Waals surface area contributed by atoms with Crippen molar-refractivity contribution in [2.75, 3.05) is 13.2 Å². The van der Waals surface area contributed by atoms with Crippen molar-refractivity contribution in [3.8, 4) is 0 Å². The van der Waals surface area contributed by atoms with Crippen LogP contribution >= 0.6 is 27.3 Å². The van der Waals surface area contributed by atoms with Gasteiger partial charge < -0.3 is 15.2 Å². The molecule has 3 atom stereocenters. The summed E-state index contributed by atoms with van der Waals surface area (Å²) in [6.07, 6.45) is 3.62. The molecule has 2 N–H and O–H groups in total. The van der Waals surface area contributed by atoms with Crippen LogP contribution in [0.5, 0.6) is 0 Å². The summed E-state index contributed by atoms with van der Waals surface area (Å²) < 4.78 is 6.60. The summed E-state index contributed by atoms with van der Waals surface area (Å²) in [6.45, 7) is 2.66. The smallest absolute Gasteiger partial charge is 0.263 e. The Morgan fingerprint density at radius 1 is 1.48 bits per heavy atom. The summed E-state index contributed by atoms with van der Waals surface area (Å²) >= 11 is 4.80. The van der Waals surface area contributed by atoms with Crippen LogP contribution in [0, 0.1) is 5.92 Å². The number of aromatic nitrogens is 1. The Morgan fingerprint density at radius 3 is 2.88 bits per heavy atom. The maximum atomic E-state index is 12.7. The molecule has 1 aromatic heterocycles. The van der Waals surface area contributed by atoms with Crippen LogP contribution in [-0.2, 0) is 4.74 Å². The molecular weight excluding hydrogens is 404 g/mol. The summed E-state index contributed by atoms with van der Waals surface area (Å²) in [4.78, 5) is 17.6. The number of halogens is 1. The fourth-order valence-corrected chi connectivity index (χ4v) is 4.03. The highest BCUT2D eigenvalue weighted by atomic mass is 79.9. The number of nitrogens with zero attached hydrogens (tertiary/aromatic N) is 1. The number of rotatable bonds is 6. The van der Waals surface area contributed by atoms with Crippen molar-refractivity contribution in [3.05, 3.63) is 50.4 Å². The number of hydrogen-bond acceptors (Lipinski definition) is 5. The van der Waals surface area contributed by atoms with Gasteiger partial charge in [-0.3, -0.25) is 4.79 Å². The molecule has 5 nitrogen and oxygen atoms in total. The van der Waals surface area contributed by atoms with Crippen molar-refractivity contribution in [3.63, 3.8) is 0 Å². The van der Waals surface area contributed by atoms with Crippen LogP contribution in [0.3, 0.4) is 0 Å². The first kappa shape index (κ1) is 18.5. The van der Waals surface area contributed by atoms with Crippen LogP contribution in [0.15, 0.2) is 34.9 Å². The van der Waals surface area contributed by atoms with Gasteiger partial charge >= 0.3 is 0 Å². The number of carbonyl (C=O) groups is 1. The van der Waals surface area contributed by atoms with Crippen molar-refractivity contribution in [2.24, 2.45) is 5.92 Å². The Kier molecular flexibility index (Phi) is 6.22. The van der Waals surface area contributed by atoms with Gasteiger partial charge in [0.05, 0.1) is 12.2 Å². The van der Waals surface area contributed by atoms with Gasteiger partial charge in [-0.25, -0.2) is 4.98 Å². The van der Waals surface area contributed by atoms with E-state index in [1.807, 2.05) is 31.2 Å². The summed E-state index contributed by atoms with van der Waals surface area (Å²) in [5.74, 6) is -0.273. The topological polar surface area (TPSA) is 71.5 Å². The number of carbonyl (C=O) groups excluding carboxylic acids is 1. The van der Waals surface area contributed by atoms with Gasteiger partial charge in [0, 0.05) is 23.6 Å². The minimum absolute atomic E-state index is 0.00906. The van der Waals surface area contributed by atoms with E-state index in [4.69, 9.17) is 4.74 Å². The van der Waals surface area contributed by atoms with Crippen LogP contribution in [0.25, 0.3) is 0 Å². The number of benzene rings is 1. The number of aliphatic hydroxyl groups is 1. The number of thiazole rings is 1. The molecule has 0 saturated carbocycles. The predicted molar refractivity (Wildman–Crippen MR) is 101 cm³/mol. The van der Waals surface area contributed by atoms with Gasteiger partial charge in [0.1, 0.15) is 16.0 Å². The Bertz CT molecular complexity index is 713. The van der Waals surface area contributed by atoms with Crippen molar-refractivity contribution in [1.82, 2.24) is 10.3 Å². The van der Waals surface area contributed by atoms with E-state index >= 15 is 0 Å². The number of ether oxygens (including phenoxy) is 1. The van der Waals surface area contributed by atoms with E-state index in [0.717, 1.165) is 34.5 Å². The maximum Gasteiger partial charge on any atom is 0.263 e. The molecule has 2 aromatic rings. The highest BCUT2D eigenvalue weighted by Gasteiger charge is 2.25. The zero-order chi connectivity index (χ0) is 17.8. The van der Waals surface area contributed by atoms with Crippen molar-refractivity contribution in [2.45, 2.75) is 31.9 Å². The second-order valence-corrected chi connectivity index (χ2v) is 8.20. The second kappa shape index (κ2) is 8.40. The lowest BCUT2D eigenvalue weighted by Gasteiger charge is -2.24. The third-order valence-corrected chi connectivity index (χ3v) is 5.94. The molecule has 1 amide bonds. The van der Waals surface area contributed by atoms with Gasteiger partial charge in [-0.15, -0.1) is 11.3 Å². The number of hydrogen-bond donors (Lipinski definition) is 2. The molecule has 3 rings (SSSR count). The van der Waals surface area contributed by atoms with E-state index in [9.17, 15) is 9.90 Å². The number of amides is 1. The summed E-state index contributed by atoms with van der Waals surface area (Å²) in [6, 6.07) is 7.50. The SMILES string of the molecule is C[C@H](CO)[C@@H](NC(=O)c1cnc([C@@H]2CCCO2)s1)c1ccc(Br)cc1. The van der Waals surface area contributed by atoms with E-state index in [2.05, 4.69) is 26.2 Å². The molecular formula is C18H21BrN2O3S. The lowest BCUT2D eigenvalue weighted by Crippen LogP contribution is -2.33. The van der Waals surface area contributed by atoms with E-state index in [0.29, 0.717) is 4.88 Å². The molecule has 2 heterocycles. The highest BCUT2D eigenvalue weighted by molar-refractivity contribution is 9.10. The van der Waals surface area contributed by atoms with Crippen LogP contribution < -0.4 is 5.32 Å². The monoisotopic (exact) mass is 424 g/mol. The average Bonchev–Trinajstić information content (AvgIpc) is 3.30. The molecule has 0 unspecified atom stereocenters. The van der Waals surface area contributed by atoms with Crippen molar-refractivity contribution in [1.29, 1.82) is 0 Å². The first-order valence-electron chi connectivity index (χ1n) is 8.33. The zero-order valence-electron chi connectivity index (χ0n) is 13.9. The van der Waals surface area contributed by atoms with Crippen LogP contribution in [0.2, 0.25) is 0 Å². The third-order valence-electron chi connectivity index (χ3n) is 4.33. The minimum atomic E-state index is -0.265. The Hall–Kier alpha value is -1.28. The fourth-order valence-electron chi connectivity index (χ4n) is 2.86. The van der Waals surface area contributed by atoms with Gasteiger partial charge in [-0.05, 0) is 30.5 Å². The van der Waals surface area contributed by atoms with Gasteiger partial charge in [0.25, 0.3) is 5.91 Å². The lowest BCUT2D eigenvalue weighted by molar-refractivity contribution is 0.0913. The molecule has 1 saturated heterocycles. The van der Waals surface area contributed by atoms with Crippen LogP contribution in [-0.4, -0.2) is 29.2 Å². The van der Waals surface area contributed by atoms with Crippen LogP contribution in [0.4, 0.5) is 0 Å². The van der Waals surface area contributed by atoms with Gasteiger partial charge in [-0.1, -0.05) is 35.0 Å². The Labute approximate surface area is 159 Å². The summed E-state index contributed by atoms with van der Waals surface area (Å²) in [7, 11) is 0.